The molecule has 1 aromatic rings. The highest BCUT2D eigenvalue weighted by molar-refractivity contribution is 8.00. The molecule has 0 aliphatic carbocycles. The summed E-state index contributed by atoms with van der Waals surface area (Å²) in [7, 11) is 0. The van der Waals surface area contributed by atoms with E-state index in [9.17, 15) is 15.8 Å². The van der Waals surface area contributed by atoms with Crippen molar-refractivity contribution in [2.75, 3.05) is 5.75 Å². The number of allylic oxidation sites excluding steroid dienone is 1. The SMILES string of the molecule is CCS[C@@]1(c2ccc(Cl)cc2)OC(N)=C(C#N)C1=C(C#N)C#N. The molecule has 1 heterocycles. The van der Waals surface area contributed by atoms with Crippen LogP contribution in [0.4, 0.5) is 0 Å². The van der Waals surface area contributed by atoms with Gasteiger partial charge in [0.25, 0.3) is 0 Å². The predicted molar refractivity (Wildman–Crippen MR) is 87.4 cm³/mol. The molecule has 0 aromatic heterocycles. The first-order valence-corrected chi connectivity index (χ1v) is 7.94. The monoisotopic (exact) mass is 342 g/mol. The molecule has 7 heteroatoms. The lowest BCUT2D eigenvalue weighted by Gasteiger charge is -2.30. The van der Waals surface area contributed by atoms with Crippen molar-refractivity contribution in [3.05, 3.63) is 57.5 Å². The van der Waals surface area contributed by atoms with Crippen LogP contribution in [0.2, 0.25) is 5.02 Å². The van der Waals surface area contributed by atoms with Gasteiger partial charge in [-0.1, -0.05) is 30.7 Å². The molecule has 2 N–H and O–H groups in total. The van der Waals surface area contributed by atoms with Crippen LogP contribution in [-0.4, -0.2) is 5.75 Å². The second-order valence-corrected chi connectivity index (χ2v) is 6.36. The Kier molecular flexibility index (Phi) is 4.86. The molecular formula is C16H11ClN4OS. The summed E-state index contributed by atoms with van der Waals surface area (Å²) >= 11 is 7.26. The topological polar surface area (TPSA) is 107 Å². The van der Waals surface area contributed by atoms with Gasteiger partial charge in [0.1, 0.15) is 29.4 Å². The summed E-state index contributed by atoms with van der Waals surface area (Å²) < 4.78 is 5.81. The highest BCUT2D eigenvalue weighted by atomic mass is 35.5. The van der Waals surface area contributed by atoms with Crippen molar-refractivity contribution in [3.8, 4) is 18.2 Å². The van der Waals surface area contributed by atoms with E-state index < -0.39 is 4.93 Å². The Morgan fingerprint density at radius 3 is 2.35 bits per heavy atom. The minimum Gasteiger partial charge on any atom is -0.452 e. The number of ether oxygens (including phenoxy) is 1. The summed E-state index contributed by atoms with van der Waals surface area (Å²) in [4.78, 5) is -1.21. The van der Waals surface area contributed by atoms with Gasteiger partial charge in [-0.25, -0.2) is 0 Å². The zero-order valence-corrected chi connectivity index (χ0v) is 13.7. The van der Waals surface area contributed by atoms with E-state index in [1.54, 1.807) is 24.3 Å². The molecule has 0 radical (unpaired) electrons. The van der Waals surface area contributed by atoms with Crippen molar-refractivity contribution >= 4 is 23.4 Å². The average molecular weight is 343 g/mol. The first-order chi connectivity index (χ1) is 11.0. The molecule has 0 unspecified atom stereocenters. The van der Waals surface area contributed by atoms with Gasteiger partial charge in [0, 0.05) is 10.6 Å². The molecule has 0 saturated carbocycles. The van der Waals surface area contributed by atoms with E-state index in [0.717, 1.165) is 0 Å². The van der Waals surface area contributed by atoms with Crippen molar-refractivity contribution in [3.63, 3.8) is 0 Å². The van der Waals surface area contributed by atoms with Gasteiger partial charge in [0.15, 0.2) is 0 Å². The number of halogens is 1. The van der Waals surface area contributed by atoms with Crippen LogP contribution in [0.15, 0.2) is 46.9 Å². The molecule has 0 bridgehead atoms. The number of rotatable bonds is 3. The van der Waals surface area contributed by atoms with Crippen LogP contribution in [0.5, 0.6) is 0 Å². The zero-order valence-electron chi connectivity index (χ0n) is 12.1. The lowest BCUT2D eigenvalue weighted by atomic mass is 9.93. The molecule has 0 amide bonds. The van der Waals surface area contributed by atoms with Crippen LogP contribution in [0, 0.1) is 34.0 Å². The second-order valence-electron chi connectivity index (χ2n) is 4.48. The molecule has 5 nitrogen and oxygen atoms in total. The van der Waals surface area contributed by atoms with Crippen molar-refractivity contribution < 1.29 is 4.74 Å². The summed E-state index contributed by atoms with van der Waals surface area (Å²) in [5, 5.41) is 28.5. The highest BCUT2D eigenvalue weighted by Crippen LogP contribution is 2.53. The smallest absolute Gasteiger partial charge is 0.211 e. The second kappa shape index (κ2) is 6.67. The Morgan fingerprint density at radius 1 is 1.26 bits per heavy atom. The standard InChI is InChI=1S/C16H11ClN4OS/c1-2-23-16(11-3-5-12(17)6-4-11)14(10(7-18)8-19)13(9-20)15(21)22-16/h3-6H,2,21H2,1H3/t16-/m1/s1. The first-order valence-electron chi connectivity index (χ1n) is 6.58. The van der Waals surface area contributed by atoms with Gasteiger partial charge in [0.05, 0.1) is 5.57 Å². The first kappa shape index (κ1) is 16.8. The molecule has 1 aliphatic heterocycles. The third-order valence-electron chi connectivity index (χ3n) is 3.24. The van der Waals surface area contributed by atoms with Crippen molar-refractivity contribution in [1.29, 1.82) is 15.8 Å². The number of nitrogens with zero attached hydrogens (tertiary/aromatic N) is 3. The van der Waals surface area contributed by atoms with Crippen LogP contribution in [0.25, 0.3) is 0 Å². The van der Waals surface area contributed by atoms with Crippen molar-refractivity contribution in [1.82, 2.24) is 0 Å². The van der Waals surface area contributed by atoms with E-state index >= 15 is 0 Å². The molecule has 0 fully saturated rings. The quantitative estimate of drug-likeness (QED) is 0.844. The summed E-state index contributed by atoms with van der Waals surface area (Å²) in [6.45, 7) is 1.91. The van der Waals surface area contributed by atoms with Crippen molar-refractivity contribution in [2.24, 2.45) is 5.73 Å². The van der Waals surface area contributed by atoms with Crippen LogP contribution in [-0.2, 0) is 9.67 Å². The maximum atomic E-state index is 9.39. The molecular weight excluding hydrogens is 332 g/mol. The number of hydrogen-bond acceptors (Lipinski definition) is 6. The number of nitrogens with two attached hydrogens (primary N) is 1. The average Bonchev–Trinajstić information content (AvgIpc) is 2.82. The Balaban J connectivity index is 2.81. The third-order valence-corrected chi connectivity index (χ3v) is 4.71. The Bertz CT molecular complexity index is 808. The molecule has 1 aromatic carbocycles. The fraction of sp³-hybridized carbons (Fsp3) is 0.188. The number of thioether (sulfide) groups is 1. The Labute approximate surface area is 143 Å². The van der Waals surface area contributed by atoms with E-state index in [4.69, 9.17) is 22.1 Å². The van der Waals surface area contributed by atoms with Crippen LogP contribution < -0.4 is 5.73 Å². The Hall–Kier alpha value is -2.59. The van der Waals surface area contributed by atoms with E-state index in [2.05, 4.69) is 0 Å². The lowest BCUT2D eigenvalue weighted by molar-refractivity contribution is 0.134. The largest absolute Gasteiger partial charge is 0.452 e. The van der Waals surface area contributed by atoms with Gasteiger partial charge in [-0.3, -0.25) is 0 Å². The molecule has 23 heavy (non-hydrogen) atoms. The van der Waals surface area contributed by atoms with Crippen molar-refractivity contribution in [2.45, 2.75) is 11.9 Å². The third kappa shape index (κ3) is 2.73. The van der Waals surface area contributed by atoms with Crippen LogP contribution in [0.3, 0.4) is 0 Å². The fourth-order valence-electron chi connectivity index (χ4n) is 2.34. The molecule has 1 atom stereocenters. The molecule has 0 saturated heterocycles. The normalized spacial score (nSPS) is 19.5. The van der Waals surface area contributed by atoms with E-state index in [-0.39, 0.29) is 22.6 Å². The number of benzene rings is 1. The maximum Gasteiger partial charge on any atom is 0.211 e. The van der Waals surface area contributed by atoms with Crippen LogP contribution in [0.1, 0.15) is 12.5 Å². The fourth-order valence-corrected chi connectivity index (χ4v) is 3.68. The van der Waals surface area contributed by atoms with Gasteiger partial charge >= 0.3 is 0 Å². The molecule has 0 spiro atoms. The lowest BCUT2D eigenvalue weighted by Crippen LogP contribution is -2.26. The summed E-state index contributed by atoms with van der Waals surface area (Å²) in [6.07, 6.45) is 0. The highest BCUT2D eigenvalue weighted by Gasteiger charge is 2.49. The summed E-state index contributed by atoms with van der Waals surface area (Å²) in [5.41, 5.74) is 6.50. The van der Waals surface area contributed by atoms with E-state index in [1.165, 1.54) is 11.8 Å². The minimum atomic E-state index is -1.21. The predicted octanol–water partition coefficient (Wildman–Crippen LogP) is 3.31. The van der Waals surface area contributed by atoms with Gasteiger partial charge in [0.2, 0.25) is 10.8 Å². The molecule has 1 aliphatic rings. The number of nitriles is 3. The summed E-state index contributed by atoms with van der Waals surface area (Å²) in [6, 6.07) is 12.4. The minimum absolute atomic E-state index is 0.0130. The molecule has 2 rings (SSSR count). The van der Waals surface area contributed by atoms with Gasteiger partial charge in [-0.15, -0.1) is 11.8 Å². The van der Waals surface area contributed by atoms with Gasteiger partial charge in [-0.2, -0.15) is 15.8 Å². The zero-order chi connectivity index (χ0) is 17.0. The Morgan fingerprint density at radius 2 is 1.87 bits per heavy atom. The molecule has 114 valence electrons. The number of hydrogen-bond donors (Lipinski definition) is 1. The maximum absolute atomic E-state index is 9.39. The van der Waals surface area contributed by atoms with E-state index in [0.29, 0.717) is 16.3 Å². The van der Waals surface area contributed by atoms with Crippen LogP contribution >= 0.6 is 23.4 Å². The van der Waals surface area contributed by atoms with Gasteiger partial charge in [-0.05, 0) is 17.9 Å². The summed E-state index contributed by atoms with van der Waals surface area (Å²) in [5.74, 6) is 0.517. The van der Waals surface area contributed by atoms with Gasteiger partial charge < -0.3 is 10.5 Å². The van der Waals surface area contributed by atoms with E-state index in [1.807, 2.05) is 25.1 Å².